The van der Waals surface area contributed by atoms with Crippen molar-refractivity contribution >= 4 is 21.9 Å². The van der Waals surface area contributed by atoms with E-state index in [4.69, 9.17) is 10.2 Å². The minimum Gasteiger partial charge on any atom is -0.447 e. The number of aromatic nitrogens is 2. The molecule has 13 heavy (non-hydrogen) atoms. The number of aryl methyl sites for hydroxylation is 1. The van der Waals surface area contributed by atoms with Crippen LogP contribution in [0.15, 0.2) is 21.3 Å². The largest absolute Gasteiger partial charge is 0.447 e. The Kier molecular flexibility index (Phi) is 1.88. The summed E-state index contributed by atoms with van der Waals surface area (Å²) < 4.78 is 6.11. The molecule has 0 saturated carbocycles. The molecule has 0 aliphatic heterocycles. The first kappa shape index (κ1) is 8.37. The van der Waals surface area contributed by atoms with Gasteiger partial charge in [-0.15, -0.1) is 0 Å². The molecule has 0 atom stereocenters. The lowest BCUT2D eigenvalue weighted by atomic mass is 10.2. The van der Waals surface area contributed by atoms with Gasteiger partial charge >= 0.3 is 0 Å². The Hall–Kier alpha value is -1.23. The summed E-state index contributed by atoms with van der Waals surface area (Å²) in [7, 11) is 0. The second-order valence-electron chi connectivity index (χ2n) is 2.74. The third-order valence-corrected chi connectivity index (χ3v) is 2.12. The number of aromatic amines is 1. The third-order valence-electron chi connectivity index (χ3n) is 1.73. The number of furan rings is 1. The smallest absolute Gasteiger partial charge is 0.197 e. The SMILES string of the molecule is Cc1cc(Br)oc1-c1cnc(N)[nH]1. The molecule has 2 rings (SSSR count). The van der Waals surface area contributed by atoms with E-state index in [9.17, 15) is 0 Å². The number of imidazole rings is 1. The number of H-pyrrole nitrogens is 1. The molecule has 0 aliphatic carbocycles. The topological polar surface area (TPSA) is 67.8 Å². The Morgan fingerprint density at radius 1 is 1.62 bits per heavy atom. The first-order chi connectivity index (χ1) is 6.16. The summed E-state index contributed by atoms with van der Waals surface area (Å²) in [5.41, 5.74) is 7.28. The van der Waals surface area contributed by atoms with Gasteiger partial charge in [-0.05, 0) is 34.5 Å². The summed E-state index contributed by atoms with van der Waals surface area (Å²) in [6, 6.07) is 1.90. The number of rotatable bonds is 1. The highest BCUT2D eigenvalue weighted by molar-refractivity contribution is 9.10. The maximum Gasteiger partial charge on any atom is 0.197 e. The van der Waals surface area contributed by atoms with Gasteiger partial charge in [0.25, 0.3) is 0 Å². The summed E-state index contributed by atoms with van der Waals surface area (Å²) in [4.78, 5) is 6.79. The Bertz CT molecular complexity index is 432. The van der Waals surface area contributed by atoms with E-state index >= 15 is 0 Å². The number of nitrogens with two attached hydrogens (primary N) is 1. The van der Waals surface area contributed by atoms with Crippen molar-refractivity contribution in [2.45, 2.75) is 6.92 Å². The zero-order valence-electron chi connectivity index (χ0n) is 6.97. The molecule has 4 nitrogen and oxygen atoms in total. The molecule has 0 spiro atoms. The van der Waals surface area contributed by atoms with Crippen molar-refractivity contribution in [2.75, 3.05) is 5.73 Å². The molecule has 0 bridgehead atoms. The lowest BCUT2D eigenvalue weighted by Gasteiger charge is -1.91. The van der Waals surface area contributed by atoms with Gasteiger partial charge in [0.05, 0.1) is 6.20 Å². The highest BCUT2D eigenvalue weighted by Crippen LogP contribution is 2.28. The quantitative estimate of drug-likeness (QED) is 0.806. The molecule has 2 aromatic rings. The van der Waals surface area contributed by atoms with Gasteiger partial charge in [-0.25, -0.2) is 4.98 Å². The number of nitrogens with zero attached hydrogens (tertiary/aromatic N) is 1. The van der Waals surface area contributed by atoms with E-state index in [1.807, 2.05) is 13.0 Å². The van der Waals surface area contributed by atoms with E-state index in [1.165, 1.54) is 0 Å². The lowest BCUT2D eigenvalue weighted by molar-refractivity contribution is 0.553. The van der Waals surface area contributed by atoms with Crippen molar-refractivity contribution in [2.24, 2.45) is 0 Å². The summed E-state index contributed by atoms with van der Waals surface area (Å²) in [5, 5.41) is 0. The fourth-order valence-corrected chi connectivity index (χ4v) is 1.67. The lowest BCUT2D eigenvalue weighted by Crippen LogP contribution is -1.85. The van der Waals surface area contributed by atoms with Crippen LogP contribution in [0.25, 0.3) is 11.5 Å². The Morgan fingerprint density at radius 2 is 2.38 bits per heavy atom. The number of anilines is 1. The van der Waals surface area contributed by atoms with Crippen LogP contribution in [-0.4, -0.2) is 9.97 Å². The van der Waals surface area contributed by atoms with Crippen LogP contribution in [0.5, 0.6) is 0 Å². The molecule has 0 aliphatic rings. The molecule has 3 N–H and O–H groups in total. The van der Waals surface area contributed by atoms with Gasteiger partial charge in [0, 0.05) is 0 Å². The molecule has 2 heterocycles. The van der Waals surface area contributed by atoms with Gasteiger partial charge in [0.2, 0.25) is 0 Å². The number of halogens is 1. The number of hydrogen-bond donors (Lipinski definition) is 2. The molecule has 5 heteroatoms. The minimum absolute atomic E-state index is 0.391. The van der Waals surface area contributed by atoms with Crippen LogP contribution in [0.1, 0.15) is 5.56 Å². The van der Waals surface area contributed by atoms with Crippen molar-refractivity contribution < 1.29 is 4.42 Å². The van der Waals surface area contributed by atoms with Gasteiger partial charge in [-0.2, -0.15) is 0 Å². The molecular weight excluding hydrogens is 234 g/mol. The second kappa shape index (κ2) is 2.92. The van der Waals surface area contributed by atoms with Crippen molar-refractivity contribution in [3.63, 3.8) is 0 Å². The van der Waals surface area contributed by atoms with Gasteiger partial charge in [-0.1, -0.05) is 0 Å². The van der Waals surface area contributed by atoms with E-state index in [0.717, 1.165) is 17.0 Å². The van der Waals surface area contributed by atoms with E-state index in [2.05, 4.69) is 25.9 Å². The maximum atomic E-state index is 5.45. The summed E-state index contributed by atoms with van der Waals surface area (Å²) >= 11 is 3.25. The zero-order chi connectivity index (χ0) is 9.42. The number of hydrogen-bond acceptors (Lipinski definition) is 3. The van der Waals surface area contributed by atoms with Crippen LogP contribution < -0.4 is 5.73 Å². The van der Waals surface area contributed by atoms with Crippen molar-refractivity contribution in [1.29, 1.82) is 0 Å². The number of nitrogens with one attached hydrogen (secondary N) is 1. The van der Waals surface area contributed by atoms with E-state index in [0.29, 0.717) is 10.6 Å². The van der Waals surface area contributed by atoms with Gasteiger partial charge in [0.1, 0.15) is 5.69 Å². The summed E-state index contributed by atoms with van der Waals surface area (Å²) in [6.07, 6.45) is 1.65. The second-order valence-corrected chi connectivity index (χ2v) is 3.53. The Labute approximate surface area is 83.3 Å². The summed E-state index contributed by atoms with van der Waals surface area (Å²) in [6.45, 7) is 1.96. The molecule has 0 saturated heterocycles. The molecule has 0 radical (unpaired) electrons. The predicted octanol–water partition coefficient (Wildman–Crippen LogP) is 2.32. The predicted molar refractivity (Wildman–Crippen MR) is 53.1 cm³/mol. The average Bonchev–Trinajstić information content (AvgIpc) is 2.58. The van der Waals surface area contributed by atoms with Gasteiger partial charge in [0.15, 0.2) is 16.4 Å². The molecular formula is C8H8BrN3O. The highest BCUT2D eigenvalue weighted by atomic mass is 79.9. The molecule has 68 valence electrons. The first-order valence-corrected chi connectivity index (χ1v) is 4.53. The van der Waals surface area contributed by atoms with E-state index < -0.39 is 0 Å². The van der Waals surface area contributed by atoms with Gasteiger partial charge < -0.3 is 15.1 Å². The normalized spacial score (nSPS) is 10.6. The number of nitrogen functional groups attached to an aromatic ring is 1. The van der Waals surface area contributed by atoms with Gasteiger partial charge in [-0.3, -0.25) is 0 Å². The molecule has 0 unspecified atom stereocenters. The Morgan fingerprint density at radius 3 is 2.85 bits per heavy atom. The summed E-state index contributed by atoms with van der Waals surface area (Å²) in [5.74, 6) is 1.15. The maximum absolute atomic E-state index is 5.45. The molecule has 0 fully saturated rings. The van der Waals surface area contributed by atoms with Crippen LogP contribution in [0, 0.1) is 6.92 Å². The van der Waals surface area contributed by atoms with Crippen LogP contribution in [0.2, 0.25) is 0 Å². The van der Waals surface area contributed by atoms with E-state index in [-0.39, 0.29) is 0 Å². The standard InChI is InChI=1S/C8H8BrN3O/c1-4-2-6(9)13-7(4)5-3-11-8(10)12-5/h2-3H,1H3,(H3,10,11,12). The molecule has 0 amide bonds. The van der Waals surface area contributed by atoms with Crippen LogP contribution in [0.3, 0.4) is 0 Å². The van der Waals surface area contributed by atoms with Crippen molar-refractivity contribution in [1.82, 2.24) is 9.97 Å². The third kappa shape index (κ3) is 1.47. The van der Waals surface area contributed by atoms with Crippen LogP contribution in [0.4, 0.5) is 5.95 Å². The molecule has 0 aromatic carbocycles. The monoisotopic (exact) mass is 241 g/mol. The first-order valence-electron chi connectivity index (χ1n) is 3.73. The average molecular weight is 242 g/mol. The van der Waals surface area contributed by atoms with Crippen LogP contribution in [-0.2, 0) is 0 Å². The van der Waals surface area contributed by atoms with Crippen molar-refractivity contribution in [3.8, 4) is 11.5 Å². The molecule has 2 aromatic heterocycles. The van der Waals surface area contributed by atoms with Crippen molar-refractivity contribution in [3.05, 3.63) is 22.5 Å². The highest BCUT2D eigenvalue weighted by Gasteiger charge is 2.10. The fourth-order valence-electron chi connectivity index (χ4n) is 1.16. The Balaban J connectivity index is 2.51. The fraction of sp³-hybridized carbons (Fsp3) is 0.125. The zero-order valence-corrected chi connectivity index (χ0v) is 8.55. The van der Waals surface area contributed by atoms with E-state index in [1.54, 1.807) is 6.20 Å². The van der Waals surface area contributed by atoms with Crippen LogP contribution >= 0.6 is 15.9 Å². The minimum atomic E-state index is 0.391.